The van der Waals surface area contributed by atoms with E-state index < -0.39 is 0 Å². The first-order chi connectivity index (χ1) is 19.1. The zero-order chi connectivity index (χ0) is 27.5. The second-order valence-corrected chi connectivity index (χ2v) is 11.4. The van der Waals surface area contributed by atoms with E-state index in [2.05, 4.69) is 86.0 Å². The predicted octanol–water partition coefficient (Wildman–Crippen LogP) is 9.06. The Morgan fingerprint density at radius 3 is 1.87 bits per heavy atom. The maximum atomic E-state index is 9.35. The standard InChI is InChI=1S/C37H46O2/c1-3-4-8-29-11-13-32(14-12-29)33-15-17-34(18-16-33)35-19-21-36(22-20-35)37-25-30(9-5-7-28(2)27-39)24-31(26-37)10-6-23-38/h3,15-22,24-26,29,32,38-39H,1-2,4-14,23,27H2. The maximum Gasteiger partial charge on any atom is 0.0639 e. The van der Waals surface area contributed by atoms with Crippen LogP contribution in [-0.4, -0.2) is 23.4 Å². The molecule has 0 atom stereocenters. The van der Waals surface area contributed by atoms with Crippen LogP contribution < -0.4 is 0 Å². The summed E-state index contributed by atoms with van der Waals surface area (Å²) in [5.41, 5.74) is 9.92. The van der Waals surface area contributed by atoms with Gasteiger partial charge in [-0.05, 0) is 121 Å². The molecular formula is C37H46O2. The number of aliphatic hydroxyl groups excluding tert-OH is 2. The Hall–Kier alpha value is -2.94. The van der Waals surface area contributed by atoms with Crippen LogP contribution in [0, 0.1) is 5.92 Å². The summed E-state index contributed by atoms with van der Waals surface area (Å²) in [7, 11) is 0. The molecule has 0 heterocycles. The highest BCUT2D eigenvalue weighted by atomic mass is 16.3. The van der Waals surface area contributed by atoms with E-state index in [4.69, 9.17) is 0 Å². The minimum absolute atomic E-state index is 0.0638. The fraction of sp³-hybridized carbons (Fsp3) is 0.405. The van der Waals surface area contributed by atoms with E-state index in [1.165, 1.54) is 71.0 Å². The minimum Gasteiger partial charge on any atom is -0.396 e. The lowest BCUT2D eigenvalue weighted by Gasteiger charge is -2.28. The van der Waals surface area contributed by atoms with Gasteiger partial charge in [0.1, 0.15) is 0 Å². The van der Waals surface area contributed by atoms with E-state index in [-0.39, 0.29) is 13.2 Å². The molecule has 2 N–H and O–H groups in total. The molecule has 1 aliphatic carbocycles. The average Bonchev–Trinajstić information content (AvgIpc) is 2.99. The van der Waals surface area contributed by atoms with Crippen LogP contribution in [0.1, 0.15) is 80.4 Å². The molecule has 0 bridgehead atoms. The molecule has 39 heavy (non-hydrogen) atoms. The highest BCUT2D eigenvalue weighted by Gasteiger charge is 2.21. The van der Waals surface area contributed by atoms with E-state index in [9.17, 15) is 10.2 Å². The van der Waals surface area contributed by atoms with Crippen LogP contribution in [0.4, 0.5) is 0 Å². The molecule has 3 aromatic carbocycles. The smallest absolute Gasteiger partial charge is 0.0639 e. The number of rotatable bonds is 14. The molecule has 2 heteroatoms. The zero-order valence-corrected chi connectivity index (χ0v) is 23.6. The molecule has 4 rings (SSSR count). The van der Waals surface area contributed by atoms with E-state index in [1.54, 1.807) is 0 Å². The number of allylic oxidation sites excluding steroid dienone is 1. The zero-order valence-electron chi connectivity index (χ0n) is 23.6. The van der Waals surface area contributed by atoms with Gasteiger partial charge in [0.05, 0.1) is 6.61 Å². The molecule has 1 saturated carbocycles. The summed E-state index contributed by atoms with van der Waals surface area (Å²) in [4.78, 5) is 0. The second kappa shape index (κ2) is 15.0. The predicted molar refractivity (Wildman–Crippen MR) is 166 cm³/mol. The van der Waals surface area contributed by atoms with Crippen molar-refractivity contribution < 1.29 is 10.2 Å². The Balaban J connectivity index is 1.43. The molecule has 0 unspecified atom stereocenters. The quantitative estimate of drug-likeness (QED) is 0.207. The number of hydrogen-bond acceptors (Lipinski definition) is 2. The number of hydrogen-bond donors (Lipinski definition) is 2. The molecule has 0 amide bonds. The molecule has 0 spiro atoms. The summed E-state index contributed by atoms with van der Waals surface area (Å²) < 4.78 is 0. The van der Waals surface area contributed by atoms with Crippen LogP contribution in [0.25, 0.3) is 22.3 Å². The summed E-state index contributed by atoms with van der Waals surface area (Å²) >= 11 is 0. The largest absolute Gasteiger partial charge is 0.396 e. The third kappa shape index (κ3) is 8.52. The van der Waals surface area contributed by atoms with Crippen molar-refractivity contribution in [2.24, 2.45) is 5.92 Å². The Morgan fingerprint density at radius 2 is 1.31 bits per heavy atom. The molecular weight excluding hydrogens is 476 g/mol. The third-order valence-electron chi connectivity index (χ3n) is 8.45. The highest BCUT2D eigenvalue weighted by molar-refractivity contribution is 5.71. The van der Waals surface area contributed by atoms with Gasteiger partial charge in [-0.25, -0.2) is 0 Å². The van der Waals surface area contributed by atoms with Crippen molar-refractivity contribution in [1.29, 1.82) is 0 Å². The van der Waals surface area contributed by atoms with Crippen molar-refractivity contribution >= 4 is 0 Å². The van der Waals surface area contributed by atoms with Gasteiger partial charge in [-0.3, -0.25) is 0 Å². The fourth-order valence-electron chi connectivity index (χ4n) is 6.06. The Kier molecular flexibility index (Phi) is 11.2. The van der Waals surface area contributed by atoms with Gasteiger partial charge in [-0.2, -0.15) is 0 Å². The van der Waals surface area contributed by atoms with E-state index in [0.29, 0.717) is 5.92 Å². The fourth-order valence-corrected chi connectivity index (χ4v) is 6.06. The van der Waals surface area contributed by atoms with Crippen LogP contribution in [0.2, 0.25) is 0 Å². The topological polar surface area (TPSA) is 40.5 Å². The minimum atomic E-state index is 0.0638. The Bertz CT molecular complexity index is 1180. The molecule has 2 nitrogen and oxygen atoms in total. The van der Waals surface area contributed by atoms with Crippen molar-refractivity contribution in [1.82, 2.24) is 0 Å². The molecule has 0 saturated heterocycles. The van der Waals surface area contributed by atoms with Crippen molar-refractivity contribution in [2.75, 3.05) is 13.2 Å². The first kappa shape index (κ1) is 29.1. The molecule has 1 fully saturated rings. The van der Waals surface area contributed by atoms with Crippen LogP contribution in [0.3, 0.4) is 0 Å². The number of benzene rings is 3. The van der Waals surface area contributed by atoms with E-state index >= 15 is 0 Å². The first-order valence-electron chi connectivity index (χ1n) is 14.9. The van der Waals surface area contributed by atoms with Crippen molar-refractivity contribution in [3.05, 3.63) is 108 Å². The van der Waals surface area contributed by atoms with Crippen LogP contribution >= 0.6 is 0 Å². The van der Waals surface area contributed by atoms with Gasteiger partial charge in [-0.1, -0.05) is 85.0 Å². The first-order valence-corrected chi connectivity index (χ1v) is 14.9. The van der Waals surface area contributed by atoms with Gasteiger partial charge >= 0.3 is 0 Å². The van der Waals surface area contributed by atoms with Crippen LogP contribution in [-0.2, 0) is 12.8 Å². The van der Waals surface area contributed by atoms with Crippen LogP contribution in [0.5, 0.6) is 0 Å². The number of aryl methyl sites for hydroxylation is 2. The van der Waals surface area contributed by atoms with Crippen molar-refractivity contribution in [3.8, 4) is 22.3 Å². The summed E-state index contributed by atoms with van der Waals surface area (Å²) in [6.45, 7) is 8.07. The lowest BCUT2D eigenvalue weighted by atomic mass is 9.77. The SMILES string of the molecule is C=CCCC1CCC(c2ccc(-c3ccc(-c4cc(CCCO)cc(CCCC(=C)CO)c4)cc3)cc2)CC1. The van der Waals surface area contributed by atoms with Gasteiger partial charge in [0.15, 0.2) is 0 Å². The lowest BCUT2D eigenvalue weighted by Crippen LogP contribution is -2.13. The molecule has 0 aliphatic heterocycles. The van der Waals surface area contributed by atoms with Gasteiger partial charge < -0.3 is 10.2 Å². The van der Waals surface area contributed by atoms with Gasteiger partial charge in [0.25, 0.3) is 0 Å². The highest BCUT2D eigenvalue weighted by Crippen LogP contribution is 2.38. The van der Waals surface area contributed by atoms with Gasteiger partial charge in [0.2, 0.25) is 0 Å². The molecule has 206 valence electrons. The summed E-state index contributed by atoms with van der Waals surface area (Å²) in [5.74, 6) is 1.59. The molecule has 1 aliphatic rings. The summed E-state index contributed by atoms with van der Waals surface area (Å²) in [6.07, 6.45) is 14.3. The summed E-state index contributed by atoms with van der Waals surface area (Å²) in [6, 6.07) is 25.0. The van der Waals surface area contributed by atoms with Gasteiger partial charge in [0, 0.05) is 6.61 Å². The van der Waals surface area contributed by atoms with Crippen LogP contribution in [0.15, 0.2) is 91.5 Å². The monoisotopic (exact) mass is 522 g/mol. The Morgan fingerprint density at radius 1 is 0.744 bits per heavy atom. The van der Waals surface area contributed by atoms with E-state index in [0.717, 1.165) is 50.0 Å². The molecule has 0 radical (unpaired) electrons. The van der Waals surface area contributed by atoms with Gasteiger partial charge in [-0.15, -0.1) is 6.58 Å². The average molecular weight is 523 g/mol. The Labute approximate surface area is 236 Å². The maximum absolute atomic E-state index is 9.35. The van der Waals surface area contributed by atoms with Crippen molar-refractivity contribution in [2.45, 2.75) is 76.5 Å². The van der Waals surface area contributed by atoms with Crippen molar-refractivity contribution in [3.63, 3.8) is 0 Å². The van der Waals surface area contributed by atoms with E-state index in [1.807, 2.05) is 0 Å². The normalized spacial score (nSPS) is 17.2. The second-order valence-electron chi connectivity index (χ2n) is 11.4. The molecule has 0 aromatic heterocycles. The number of aliphatic hydroxyl groups is 2. The summed E-state index contributed by atoms with van der Waals surface area (Å²) in [5, 5.41) is 18.6. The lowest BCUT2D eigenvalue weighted by molar-refractivity contribution is 0.288. The third-order valence-corrected chi connectivity index (χ3v) is 8.45. The molecule has 3 aromatic rings.